The van der Waals surface area contributed by atoms with Crippen LogP contribution in [-0.4, -0.2) is 22.4 Å². The van der Waals surface area contributed by atoms with Gasteiger partial charge in [-0.15, -0.1) is 0 Å². The van der Waals surface area contributed by atoms with E-state index in [-0.39, 0.29) is 0 Å². The molecule has 3 nitrogen and oxygen atoms in total. The Bertz CT molecular complexity index is 375. The van der Waals surface area contributed by atoms with Crippen LogP contribution in [-0.2, 0) is 6.42 Å². The normalized spacial score (nSPS) is 18.0. The summed E-state index contributed by atoms with van der Waals surface area (Å²) in [6.45, 7) is 7.85. The van der Waals surface area contributed by atoms with E-state index >= 15 is 0 Å². The van der Waals surface area contributed by atoms with E-state index in [0.717, 1.165) is 18.9 Å². The van der Waals surface area contributed by atoms with Crippen molar-refractivity contribution in [2.45, 2.75) is 77.8 Å². The van der Waals surface area contributed by atoms with Crippen LogP contribution in [0, 0.1) is 5.92 Å². The van der Waals surface area contributed by atoms with E-state index in [2.05, 4.69) is 43.0 Å². The average molecular weight is 277 g/mol. The third-order valence-electron chi connectivity index (χ3n) is 4.88. The zero-order valence-electron chi connectivity index (χ0n) is 13.4. The van der Waals surface area contributed by atoms with Crippen LogP contribution in [0.3, 0.4) is 0 Å². The van der Waals surface area contributed by atoms with Crippen LogP contribution in [0.4, 0.5) is 0 Å². The van der Waals surface area contributed by atoms with Crippen molar-refractivity contribution in [1.82, 2.24) is 15.1 Å². The molecule has 1 aliphatic rings. The quantitative estimate of drug-likeness (QED) is 0.779. The summed E-state index contributed by atoms with van der Waals surface area (Å²) >= 11 is 0. The molecule has 3 heteroatoms. The van der Waals surface area contributed by atoms with Gasteiger partial charge in [0.2, 0.25) is 0 Å². The Balaban J connectivity index is 1.98. The van der Waals surface area contributed by atoms with Gasteiger partial charge in [0.1, 0.15) is 0 Å². The van der Waals surface area contributed by atoms with Crippen LogP contribution in [0.15, 0.2) is 12.3 Å². The molecule has 0 amide bonds. The molecule has 0 saturated heterocycles. The zero-order valence-corrected chi connectivity index (χ0v) is 13.4. The largest absolute Gasteiger partial charge is 0.314 e. The molecule has 1 atom stereocenters. The molecule has 1 saturated carbocycles. The van der Waals surface area contributed by atoms with Crippen molar-refractivity contribution in [2.75, 3.05) is 6.54 Å². The Morgan fingerprint density at radius 1 is 1.25 bits per heavy atom. The van der Waals surface area contributed by atoms with Gasteiger partial charge in [0.15, 0.2) is 0 Å². The van der Waals surface area contributed by atoms with Crippen LogP contribution >= 0.6 is 0 Å². The summed E-state index contributed by atoms with van der Waals surface area (Å²) in [5.41, 5.74) is 1.26. The highest BCUT2D eigenvalue weighted by molar-refractivity contribution is 5.03. The first-order valence-corrected chi connectivity index (χ1v) is 8.55. The van der Waals surface area contributed by atoms with E-state index in [1.165, 1.54) is 44.2 Å². The summed E-state index contributed by atoms with van der Waals surface area (Å²) in [4.78, 5) is 0. The molecule has 1 heterocycles. The molecule has 1 unspecified atom stereocenters. The van der Waals surface area contributed by atoms with Crippen LogP contribution in [0.2, 0.25) is 0 Å². The van der Waals surface area contributed by atoms with Crippen molar-refractivity contribution in [3.63, 3.8) is 0 Å². The molecule has 1 fully saturated rings. The highest BCUT2D eigenvalue weighted by Gasteiger charge is 2.21. The number of likely N-dealkylation sites (N-methyl/N-ethyl adjacent to an activating group) is 1. The monoisotopic (exact) mass is 277 g/mol. The molecule has 2 rings (SSSR count). The Morgan fingerprint density at radius 3 is 2.55 bits per heavy atom. The molecule has 0 aliphatic heterocycles. The van der Waals surface area contributed by atoms with Crippen LogP contribution in [0.1, 0.15) is 71.0 Å². The maximum Gasteiger partial charge on any atom is 0.0640 e. The van der Waals surface area contributed by atoms with E-state index in [0.29, 0.717) is 12.1 Å². The molecule has 0 radical (unpaired) electrons. The summed E-state index contributed by atoms with van der Waals surface area (Å²) < 4.78 is 2.22. The van der Waals surface area contributed by atoms with Gasteiger partial charge in [-0.1, -0.05) is 46.5 Å². The maximum atomic E-state index is 4.84. The summed E-state index contributed by atoms with van der Waals surface area (Å²) in [6.07, 6.45) is 11.1. The SMILES string of the molecule is CCNC(Cc1ccn(C2CCCC2)n1)C(CC)CC. The van der Waals surface area contributed by atoms with Crippen molar-refractivity contribution in [3.8, 4) is 0 Å². The van der Waals surface area contributed by atoms with E-state index < -0.39 is 0 Å². The number of nitrogens with zero attached hydrogens (tertiary/aromatic N) is 2. The zero-order chi connectivity index (χ0) is 14.4. The number of hydrogen-bond donors (Lipinski definition) is 1. The van der Waals surface area contributed by atoms with Crippen molar-refractivity contribution >= 4 is 0 Å². The average Bonchev–Trinajstić information content (AvgIpc) is 3.10. The van der Waals surface area contributed by atoms with Crippen LogP contribution < -0.4 is 5.32 Å². The van der Waals surface area contributed by atoms with E-state index in [4.69, 9.17) is 5.10 Å². The third-order valence-corrected chi connectivity index (χ3v) is 4.88. The smallest absolute Gasteiger partial charge is 0.0640 e. The highest BCUT2D eigenvalue weighted by atomic mass is 15.3. The first kappa shape index (κ1) is 15.6. The predicted octanol–water partition coefficient (Wildman–Crippen LogP) is 3.96. The minimum atomic E-state index is 0.571. The summed E-state index contributed by atoms with van der Waals surface area (Å²) in [5, 5.41) is 8.50. The lowest BCUT2D eigenvalue weighted by molar-refractivity contribution is 0.333. The Kier molecular flexibility index (Phi) is 6.08. The Labute approximate surface area is 124 Å². The molecule has 1 aromatic rings. The summed E-state index contributed by atoms with van der Waals surface area (Å²) in [7, 11) is 0. The third kappa shape index (κ3) is 3.85. The van der Waals surface area contributed by atoms with Gasteiger partial charge in [0.25, 0.3) is 0 Å². The first-order chi connectivity index (χ1) is 9.78. The minimum Gasteiger partial charge on any atom is -0.314 e. The molecular weight excluding hydrogens is 246 g/mol. The summed E-state index contributed by atoms with van der Waals surface area (Å²) in [5.74, 6) is 0.756. The molecule has 0 spiro atoms. The van der Waals surface area contributed by atoms with E-state index in [1.54, 1.807) is 0 Å². The van der Waals surface area contributed by atoms with Gasteiger partial charge in [-0.25, -0.2) is 0 Å². The van der Waals surface area contributed by atoms with Gasteiger partial charge in [-0.2, -0.15) is 5.10 Å². The van der Waals surface area contributed by atoms with Gasteiger partial charge in [-0.05, 0) is 31.4 Å². The standard InChI is InChI=1S/C17H31N3/c1-4-14(5-2)17(18-6-3)13-15-11-12-20(19-15)16-9-7-8-10-16/h11-12,14,16-18H,4-10,13H2,1-3H3. The van der Waals surface area contributed by atoms with Gasteiger partial charge < -0.3 is 5.32 Å². The van der Waals surface area contributed by atoms with Gasteiger partial charge >= 0.3 is 0 Å². The molecule has 0 bridgehead atoms. The van der Waals surface area contributed by atoms with Crippen LogP contribution in [0.25, 0.3) is 0 Å². The van der Waals surface area contributed by atoms with Gasteiger partial charge in [0, 0.05) is 18.7 Å². The second-order valence-electron chi connectivity index (χ2n) is 6.17. The Hall–Kier alpha value is -0.830. The Morgan fingerprint density at radius 2 is 1.95 bits per heavy atom. The molecular formula is C17H31N3. The van der Waals surface area contributed by atoms with E-state index in [9.17, 15) is 0 Å². The topological polar surface area (TPSA) is 29.9 Å². The number of aromatic nitrogens is 2. The maximum absolute atomic E-state index is 4.84. The van der Waals surface area contributed by atoms with Gasteiger partial charge in [0.05, 0.1) is 11.7 Å². The fraction of sp³-hybridized carbons (Fsp3) is 0.824. The van der Waals surface area contributed by atoms with Crippen LogP contribution in [0.5, 0.6) is 0 Å². The van der Waals surface area contributed by atoms with Crippen molar-refractivity contribution in [1.29, 1.82) is 0 Å². The molecule has 1 N–H and O–H groups in total. The highest BCUT2D eigenvalue weighted by Crippen LogP contribution is 2.29. The van der Waals surface area contributed by atoms with Gasteiger partial charge in [-0.3, -0.25) is 4.68 Å². The first-order valence-electron chi connectivity index (χ1n) is 8.55. The molecule has 114 valence electrons. The number of hydrogen-bond acceptors (Lipinski definition) is 2. The lowest BCUT2D eigenvalue weighted by atomic mass is 9.91. The second-order valence-corrected chi connectivity index (χ2v) is 6.17. The molecule has 1 aliphatic carbocycles. The fourth-order valence-electron chi connectivity index (χ4n) is 3.61. The van der Waals surface area contributed by atoms with Crippen molar-refractivity contribution < 1.29 is 0 Å². The van der Waals surface area contributed by atoms with Crippen molar-refractivity contribution in [2.24, 2.45) is 5.92 Å². The summed E-state index contributed by atoms with van der Waals surface area (Å²) in [6, 6.07) is 3.46. The lowest BCUT2D eigenvalue weighted by Gasteiger charge is -2.25. The second kappa shape index (κ2) is 7.82. The minimum absolute atomic E-state index is 0.571. The van der Waals surface area contributed by atoms with E-state index in [1.807, 2.05) is 0 Å². The predicted molar refractivity (Wildman–Crippen MR) is 85.0 cm³/mol. The number of rotatable bonds is 8. The molecule has 0 aromatic carbocycles. The number of nitrogens with one attached hydrogen (secondary N) is 1. The van der Waals surface area contributed by atoms with Crippen molar-refractivity contribution in [3.05, 3.63) is 18.0 Å². The molecule has 1 aromatic heterocycles. The lowest BCUT2D eigenvalue weighted by Crippen LogP contribution is -2.37. The molecule has 20 heavy (non-hydrogen) atoms. The fourth-order valence-corrected chi connectivity index (χ4v) is 3.61.